The summed E-state index contributed by atoms with van der Waals surface area (Å²) in [5.41, 5.74) is -1.42. The van der Waals surface area contributed by atoms with E-state index in [1.807, 2.05) is 13.0 Å². The highest BCUT2D eigenvalue weighted by Crippen LogP contribution is 2.36. The Kier molecular flexibility index (Phi) is 5.05. The van der Waals surface area contributed by atoms with Crippen LogP contribution in [0.4, 0.5) is 0 Å². The predicted octanol–water partition coefficient (Wildman–Crippen LogP) is 0.316. The molecule has 1 aliphatic heterocycles. The molecule has 1 aromatic carbocycles. The molecule has 3 aromatic rings. The molecule has 0 spiro atoms. The van der Waals surface area contributed by atoms with Crippen LogP contribution in [0, 0.1) is 16.7 Å². The third-order valence-electron chi connectivity index (χ3n) is 6.34. The van der Waals surface area contributed by atoms with Crippen LogP contribution in [0.15, 0.2) is 45.1 Å². The SMILES string of the molecule is Cn1cc(Cn2c(=O)c3cc(S(=O)(=O)NC4(C#N)CC4)ccc3n(CC3(C)COC3)c2=O)cn1. The average Bonchev–Trinajstić information content (AvgIpc) is 3.42. The molecule has 3 heterocycles. The average molecular weight is 485 g/mol. The van der Waals surface area contributed by atoms with E-state index in [0.29, 0.717) is 43.7 Å². The molecule has 5 rings (SSSR count). The van der Waals surface area contributed by atoms with Gasteiger partial charge >= 0.3 is 5.69 Å². The summed E-state index contributed by atoms with van der Waals surface area (Å²) in [4.78, 5) is 26.7. The number of sulfonamides is 1. The van der Waals surface area contributed by atoms with Gasteiger partial charge in [-0.1, -0.05) is 6.92 Å². The molecular formula is C22H24N6O5S. The van der Waals surface area contributed by atoms with Crippen LogP contribution in [-0.4, -0.2) is 46.1 Å². The van der Waals surface area contributed by atoms with E-state index in [4.69, 9.17) is 4.74 Å². The number of hydrogen-bond acceptors (Lipinski definition) is 7. The Bertz CT molecular complexity index is 1570. The van der Waals surface area contributed by atoms with E-state index in [-0.39, 0.29) is 22.2 Å². The predicted molar refractivity (Wildman–Crippen MR) is 122 cm³/mol. The molecule has 0 atom stereocenters. The van der Waals surface area contributed by atoms with Crippen molar-refractivity contribution in [1.82, 2.24) is 23.6 Å². The molecule has 0 amide bonds. The molecule has 2 aliphatic rings. The molecule has 1 aliphatic carbocycles. The molecule has 1 saturated carbocycles. The van der Waals surface area contributed by atoms with Gasteiger partial charge in [0.05, 0.1) is 47.8 Å². The highest BCUT2D eigenvalue weighted by atomic mass is 32.2. The van der Waals surface area contributed by atoms with Gasteiger partial charge in [0.2, 0.25) is 10.0 Å². The largest absolute Gasteiger partial charge is 0.380 e. The minimum atomic E-state index is -4.04. The van der Waals surface area contributed by atoms with Crippen LogP contribution in [0.2, 0.25) is 0 Å². The molecule has 2 fully saturated rings. The number of nitrogens with zero attached hydrogens (tertiary/aromatic N) is 5. The van der Waals surface area contributed by atoms with E-state index in [9.17, 15) is 23.3 Å². The highest BCUT2D eigenvalue weighted by Gasteiger charge is 2.46. The zero-order chi connectivity index (χ0) is 24.3. The van der Waals surface area contributed by atoms with Gasteiger partial charge in [0, 0.05) is 30.8 Å². The second kappa shape index (κ2) is 7.63. The van der Waals surface area contributed by atoms with Crippen LogP contribution < -0.4 is 16.0 Å². The van der Waals surface area contributed by atoms with Gasteiger partial charge in [-0.2, -0.15) is 15.1 Å². The fraction of sp³-hybridized carbons (Fsp3) is 0.455. The molecule has 2 aromatic heterocycles. The summed E-state index contributed by atoms with van der Waals surface area (Å²) in [7, 11) is -2.30. The van der Waals surface area contributed by atoms with Crippen LogP contribution in [0.1, 0.15) is 25.3 Å². The Morgan fingerprint density at radius 3 is 2.53 bits per heavy atom. The van der Waals surface area contributed by atoms with Crippen molar-refractivity contribution in [2.24, 2.45) is 12.5 Å². The Morgan fingerprint density at radius 2 is 1.97 bits per heavy atom. The first-order valence-corrected chi connectivity index (χ1v) is 12.3. The summed E-state index contributed by atoms with van der Waals surface area (Å²) in [5.74, 6) is 0. The lowest BCUT2D eigenvalue weighted by atomic mass is 9.88. The van der Waals surface area contributed by atoms with Gasteiger partial charge < -0.3 is 4.74 Å². The number of aromatic nitrogens is 4. The minimum absolute atomic E-state index is 0.00142. The Balaban J connectivity index is 1.67. The molecule has 12 heteroatoms. The third-order valence-corrected chi connectivity index (χ3v) is 7.87. The first-order valence-electron chi connectivity index (χ1n) is 10.8. The highest BCUT2D eigenvalue weighted by molar-refractivity contribution is 7.89. The second-order valence-electron chi connectivity index (χ2n) is 9.56. The Labute approximate surface area is 195 Å². The number of benzene rings is 1. The normalized spacial score (nSPS) is 18.4. The maximum Gasteiger partial charge on any atom is 0.331 e. The van der Waals surface area contributed by atoms with Gasteiger partial charge in [0.15, 0.2) is 0 Å². The lowest BCUT2D eigenvalue weighted by molar-refractivity contribution is -0.110. The lowest BCUT2D eigenvalue weighted by Gasteiger charge is -2.38. The van der Waals surface area contributed by atoms with Crippen molar-refractivity contribution in [3.63, 3.8) is 0 Å². The summed E-state index contributed by atoms with van der Waals surface area (Å²) in [5, 5.41) is 13.5. The number of aryl methyl sites for hydroxylation is 1. The molecule has 178 valence electrons. The van der Waals surface area contributed by atoms with E-state index in [2.05, 4.69) is 9.82 Å². The second-order valence-corrected chi connectivity index (χ2v) is 11.2. The Hall–Kier alpha value is -3.27. The van der Waals surface area contributed by atoms with Gasteiger partial charge in [-0.15, -0.1) is 0 Å². The fourth-order valence-corrected chi connectivity index (χ4v) is 5.60. The Morgan fingerprint density at radius 1 is 1.24 bits per heavy atom. The van der Waals surface area contributed by atoms with Crippen LogP contribution in [-0.2, 0) is 34.9 Å². The summed E-state index contributed by atoms with van der Waals surface area (Å²) in [6, 6.07) is 6.12. The molecule has 34 heavy (non-hydrogen) atoms. The van der Waals surface area contributed by atoms with Gasteiger partial charge in [-0.05, 0) is 31.0 Å². The summed E-state index contributed by atoms with van der Waals surface area (Å²) < 4.78 is 37.9. The zero-order valence-corrected chi connectivity index (χ0v) is 19.6. The zero-order valence-electron chi connectivity index (χ0n) is 18.8. The molecule has 0 radical (unpaired) electrons. The monoisotopic (exact) mass is 484 g/mol. The molecule has 1 N–H and O–H groups in total. The van der Waals surface area contributed by atoms with Crippen molar-refractivity contribution >= 4 is 20.9 Å². The minimum Gasteiger partial charge on any atom is -0.380 e. The van der Waals surface area contributed by atoms with E-state index >= 15 is 0 Å². The molecule has 0 unspecified atom stereocenters. The molecular weight excluding hydrogens is 460 g/mol. The maximum absolute atomic E-state index is 13.4. The molecule has 1 saturated heterocycles. The quantitative estimate of drug-likeness (QED) is 0.509. The molecule has 11 nitrogen and oxygen atoms in total. The topological polar surface area (TPSA) is 141 Å². The van der Waals surface area contributed by atoms with Crippen molar-refractivity contribution in [2.45, 2.75) is 43.3 Å². The van der Waals surface area contributed by atoms with E-state index in [0.717, 1.165) is 4.57 Å². The van der Waals surface area contributed by atoms with Crippen LogP contribution in [0.3, 0.4) is 0 Å². The van der Waals surface area contributed by atoms with Gasteiger partial charge in [0.25, 0.3) is 5.56 Å². The standard InChI is InChI=1S/C22H24N6O5S/c1-21(13-33-14-21)12-28-18-4-3-16(34(31,32)25-22(11-23)5-6-22)7-17(18)19(29)27(20(28)30)10-15-8-24-26(2)9-15/h3-4,7-9,25H,5-6,10,12-14H2,1-2H3. The third kappa shape index (κ3) is 3.85. The fourth-order valence-electron chi connectivity index (χ4n) is 4.20. The summed E-state index contributed by atoms with van der Waals surface area (Å²) >= 11 is 0. The number of fused-ring (bicyclic) bond motifs is 1. The van der Waals surface area contributed by atoms with Crippen molar-refractivity contribution in [3.8, 4) is 6.07 Å². The van der Waals surface area contributed by atoms with Gasteiger partial charge in [0.1, 0.15) is 5.54 Å². The van der Waals surface area contributed by atoms with Crippen molar-refractivity contribution in [3.05, 3.63) is 57.0 Å². The van der Waals surface area contributed by atoms with E-state index in [1.165, 1.54) is 22.8 Å². The van der Waals surface area contributed by atoms with Crippen LogP contribution in [0.5, 0.6) is 0 Å². The van der Waals surface area contributed by atoms with Gasteiger partial charge in [-0.3, -0.25) is 18.6 Å². The number of nitriles is 1. The number of nitrogens with one attached hydrogen (secondary N) is 1. The summed E-state index contributed by atoms with van der Waals surface area (Å²) in [6.07, 6.45) is 4.16. The number of ether oxygens (including phenoxy) is 1. The van der Waals surface area contributed by atoms with Crippen molar-refractivity contribution in [2.75, 3.05) is 13.2 Å². The van der Waals surface area contributed by atoms with Gasteiger partial charge in [-0.25, -0.2) is 13.2 Å². The smallest absolute Gasteiger partial charge is 0.331 e. The van der Waals surface area contributed by atoms with Crippen molar-refractivity contribution in [1.29, 1.82) is 5.26 Å². The maximum atomic E-state index is 13.4. The molecule has 0 bridgehead atoms. The first kappa shape index (κ1) is 22.5. The lowest BCUT2D eigenvalue weighted by Crippen LogP contribution is -2.48. The van der Waals surface area contributed by atoms with E-state index in [1.54, 1.807) is 24.1 Å². The van der Waals surface area contributed by atoms with Crippen LogP contribution in [0.25, 0.3) is 10.9 Å². The number of rotatable bonds is 7. The van der Waals surface area contributed by atoms with Crippen LogP contribution >= 0.6 is 0 Å². The first-order chi connectivity index (χ1) is 16.0. The summed E-state index contributed by atoms with van der Waals surface area (Å²) in [6.45, 7) is 3.27. The number of hydrogen-bond donors (Lipinski definition) is 1. The van der Waals surface area contributed by atoms with E-state index < -0.39 is 26.8 Å². The van der Waals surface area contributed by atoms with Crippen molar-refractivity contribution < 1.29 is 13.2 Å².